The van der Waals surface area contributed by atoms with Crippen LogP contribution in [0.25, 0.3) is 0 Å². The fourth-order valence-electron chi connectivity index (χ4n) is 2.02. The van der Waals surface area contributed by atoms with E-state index in [2.05, 4.69) is 5.32 Å². The van der Waals surface area contributed by atoms with Crippen molar-refractivity contribution in [1.29, 1.82) is 0 Å². The highest BCUT2D eigenvalue weighted by Crippen LogP contribution is 2.16. The minimum atomic E-state index is -0.495. The molecule has 2 aromatic carbocycles. The number of hydrogen-bond acceptors (Lipinski definition) is 3. The van der Waals surface area contributed by atoms with Crippen LogP contribution in [0.3, 0.4) is 0 Å². The summed E-state index contributed by atoms with van der Waals surface area (Å²) in [4.78, 5) is 22.0. The summed E-state index contributed by atoms with van der Waals surface area (Å²) in [6.45, 7) is 0.515. The van der Waals surface area contributed by atoms with Gasteiger partial charge in [0, 0.05) is 29.3 Å². The van der Waals surface area contributed by atoms with E-state index >= 15 is 0 Å². The molecule has 5 nitrogen and oxygen atoms in total. The van der Waals surface area contributed by atoms with Gasteiger partial charge in [-0.15, -0.1) is 0 Å². The van der Waals surface area contributed by atoms with Crippen molar-refractivity contribution in [1.82, 2.24) is 5.32 Å². The van der Waals surface area contributed by atoms with Gasteiger partial charge in [0.15, 0.2) is 0 Å². The smallest absolute Gasteiger partial charge is 0.269 e. The highest BCUT2D eigenvalue weighted by Gasteiger charge is 2.09. The lowest BCUT2D eigenvalue weighted by molar-refractivity contribution is -0.384. The van der Waals surface area contributed by atoms with Gasteiger partial charge in [0.25, 0.3) is 11.6 Å². The number of rotatable bonds is 6. The van der Waals surface area contributed by atoms with Gasteiger partial charge in [-0.05, 0) is 36.6 Å². The van der Waals surface area contributed by atoms with Crippen LogP contribution in [0.5, 0.6) is 0 Å². The summed E-state index contributed by atoms with van der Waals surface area (Å²) in [6, 6.07) is 13.1. The third-order valence-corrected chi connectivity index (χ3v) is 3.58. The van der Waals surface area contributed by atoms with E-state index in [0.29, 0.717) is 12.1 Å². The Hall–Kier alpha value is -2.40. The van der Waals surface area contributed by atoms with Gasteiger partial charge in [0.2, 0.25) is 0 Å². The van der Waals surface area contributed by atoms with Gasteiger partial charge >= 0.3 is 0 Å². The molecule has 0 saturated carbocycles. The molecule has 2 aromatic rings. The van der Waals surface area contributed by atoms with Crippen LogP contribution in [0, 0.1) is 10.1 Å². The van der Waals surface area contributed by atoms with Crippen molar-refractivity contribution in [3.05, 3.63) is 74.8 Å². The Labute approximate surface area is 133 Å². The van der Waals surface area contributed by atoms with Crippen LogP contribution in [-0.4, -0.2) is 17.4 Å². The molecule has 0 radical (unpaired) electrons. The highest BCUT2D eigenvalue weighted by molar-refractivity contribution is 6.31. The zero-order chi connectivity index (χ0) is 15.9. The van der Waals surface area contributed by atoms with Crippen LogP contribution in [0.1, 0.15) is 22.3 Å². The van der Waals surface area contributed by atoms with E-state index in [0.717, 1.165) is 23.4 Å². The maximum Gasteiger partial charge on any atom is 0.269 e. The van der Waals surface area contributed by atoms with Crippen molar-refractivity contribution in [2.75, 3.05) is 6.54 Å². The number of halogens is 1. The normalized spacial score (nSPS) is 10.2. The molecule has 0 atom stereocenters. The number of non-ortho nitro benzene ring substituents is 1. The quantitative estimate of drug-likeness (QED) is 0.502. The first kappa shape index (κ1) is 16.0. The SMILES string of the molecule is O=C(NCCCc1ccccc1Cl)c1ccc([N+](=O)[O-])cc1. The first-order chi connectivity index (χ1) is 10.6. The second-order valence-corrected chi connectivity index (χ2v) is 5.16. The van der Waals surface area contributed by atoms with Crippen molar-refractivity contribution in [3.8, 4) is 0 Å². The van der Waals surface area contributed by atoms with Crippen LogP contribution in [-0.2, 0) is 6.42 Å². The predicted molar refractivity (Wildman–Crippen MR) is 85.2 cm³/mol. The largest absolute Gasteiger partial charge is 0.352 e. The molecule has 0 saturated heterocycles. The lowest BCUT2D eigenvalue weighted by Crippen LogP contribution is -2.24. The Bertz CT molecular complexity index is 671. The van der Waals surface area contributed by atoms with Crippen molar-refractivity contribution in [2.45, 2.75) is 12.8 Å². The Morgan fingerprint density at radius 1 is 1.14 bits per heavy atom. The van der Waals surface area contributed by atoms with Gasteiger partial charge in [-0.2, -0.15) is 0 Å². The number of carbonyl (C=O) groups excluding carboxylic acids is 1. The molecule has 114 valence electrons. The number of nitro benzene ring substituents is 1. The van der Waals surface area contributed by atoms with Gasteiger partial charge in [0.05, 0.1) is 4.92 Å². The first-order valence-corrected chi connectivity index (χ1v) is 7.22. The lowest BCUT2D eigenvalue weighted by atomic mass is 10.1. The van der Waals surface area contributed by atoms with Gasteiger partial charge in [-0.1, -0.05) is 29.8 Å². The molecular weight excluding hydrogens is 304 g/mol. The summed E-state index contributed by atoms with van der Waals surface area (Å²) >= 11 is 6.06. The molecular formula is C16H15ClN2O3. The minimum Gasteiger partial charge on any atom is -0.352 e. The Morgan fingerprint density at radius 2 is 1.82 bits per heavy atom. The highest BCUT2D eigenvalue weighted by atomic mass is 35.5. The van der Waals surface area contributed by atoms with Crippen LogP contribution in [0.2, 0.25) is 5.02 Å². The van der Waals surface area contributed by atoms with E-state index in [-0.39, 0.29) is 11.6 Å². The van der Waals surface area contributed by atoms with Crippen molar-refractivity contribution < 1.29 is 9.72 Å². The van der Waals surface area contributed by atoms with Gasteiger partial charge < -0.3 is 5.32 Å². The lowest BCUT2D eigenvalue weighted by Gasteiger charge is -2.06. The molecule has 2 rings (SSSR count). The van der Waals surface area contributed by atoms with E-state index in [1.807, 2.05) is 24.3 Å². The minimum absolute atomic E-state index is 0.0322. The number of nitrogens with zero attached hydrogens (tertiary/aromatic N) is 1. The molecule has 1 amide bonds. The van der Waals surface area contributed by atoms with E-state index in [1.54, 1.807) is 0 Å². The Balaban J connectivity index is 1.80. The first-order valence-electron chi connectivity index (χ1n) is 6.84. The molecule has 0 unspecified atom stereocenters. The summed E-state index contributed by atoms with van der Waals surface area (Å²) < 4.78 is 0. The molecule has 0 aliphatic heterocycles. The van der Waals surface area contributed by atoms with Crippen LogP contribution >= 0.6 is 11.6 Å². The third-order valence-electron chi connectivity index (χ3n) is 3.21. The number of hydrogen-bond donors (Lipinski definition) is 1. The van der Waals surface area contributed by atoms with Crippen molar-refractivity contribution in [2.24, 2.45) is 0 Å². The van der Waals surface area contributed by atoms with Crippen LogP contribution in [0.4, 0.5) is 5.69 Å². The van der Waals surface area contributed by atoms with Crippen molar-refractivity contribution in [3.63, 3.8) is 0 Å². The Kier molecular flexibility index (Phi) is 5.49. The molecule has 6 heteroatoms. The van der Waals surface area contributed by atoms with E-state index in [1.165, 1.54) is 24.3 Å². The second-order valence-electron chi connectivity index (χ2n) is 4.75. The van der Waals surface area contributed by atoms with Crippen molar-refractivity contribution >= 4 is 23.2 Å². The summed E-state index contributed by atoms with van der Waals surface area (Å²) in [7, 11) is 0. The molecule has 0 aliphatic rings. The molecule has 0 aliphatic carbocycles. The van der Waals surface area contributed by atoms with E-state index in [9.17, 15) is 14.9 Å². The number of aryl methyl sites for hydroxylation is 1. The fourth-order valence-corrected chi connectivity index (χ4v) is 2.25. The van der Waals surface area contributed by atoms with Gasteiger partial charge in [-0.25, -0.2) is 0 Å². The zero-order valence-corrected chi connectivity index (χ0v) is 12.5. The van der Waals surface area contributed by atoms with E-state index < -0.39 is 4.92 Å². The standard InChI is InChI=1S/C16H15ClN2O3/c17-15-6-2-1-4-12(15)5-3-11-18-16(20)13-7-9-14(10-8-13)19(21)22/h1-2,4,6-10H,3,5,11H2,(H,18,20). The summed E-state index contributed by atoms with van der Waals surface area (Å²) in [5.41, 5.74) is 1.42. The number of nitro groups is 1. The second kappa shape index (κ2) is 7.56. The fraction of sp³-hybridized carbons (Fsp3) is 0.188. The average molecular weight is 319 g/mol. The monoisotopic (exact) mass is 318 g/mol. The molecule has 0 spiro atoms. The Morgan fingerprint density at radius 3 is 2.45 bits per heavy atom. The molecule has 0 heterocycles. The topological polar surface area (TPSA) is 72.2 Å². The molecule has 0 fully saturated rings. The maximum atomic E-state index is 11.9. The molecule has 1 N–H and O–H groups in total. The van der Waals surface area contributed by atoms with E-state index in [4.69, 9.17) is 11.6 Å². The summed E-state index contributed by atoms with van der Waals surface area (Å²) in [6.07, 6.45) is 1.54. The zero-order valence-electron chi connectivity index (χ0n) is 11.8. The third kappa shape index (κ3) is 4.30. The number of carbonyl (C=O) groups is 1. The predicted octanol–water partition coefficient (Wildman–Crippen LogP) is 3.61. The van der Waals surface area contributed by atoms with Crippen LogP contribution < -0.4 is 5.32 Å². The van der Waals surface area contributed by atoms with Crippen LogP contribution in [0.15, 0.2) is 48.5 Å². The molecule has 0 aromatic heterocycles. The van der Waals surface area contributed by atoms with Gasteiger partial charge in [-0.3, -0.25) is 14.9 Å². The average Bonchev–Trinajstić information content (AvgIpc) is 2.53. The molecule has 22 heavy (non-hydrogen) atoms. The van der Waals surface area contributed by atoms with Gasteiger partial charge in [0.1, 0.15) is 0 Å². The maximum absolute atomic E-state index is 11.9. The number of amides is 1. The number of benzene rings is 2. The summed E-state index contributed by atoms with van der Waals surface area (Å²) in [5, 5.41) is 14.1. The molecule has 0 bridgehead atoms. The summed E-state index contributed by atoms with van der Waals surface area (Å²) in [5.74, 6) is -0.242. The number of nitrogens with one attached hydrogen (secondary N) is 1.